The number of benzene rings is 2. The van der Waals surface area contributed by atoms with Crippen LogP contribution in [0.1, 0.15) is 50.2 Å². The molecule has 8 heteroatoms. The molecule has 32 heavy (non-hydrogen) atoms. The van der Waals surface area contributed by atoms with Crippen molar-refractivity contribution in [1.29, 1.82) is 0 Å². The van der Waals surface area contributed by atoms with Gasteiger partial charge in [0.1, 0.15) is 18.1 Å². The molecule has 4 N–H and O–H groups in total. The summed E-state index contributed by atoms with van der Waals surface area (Å²) in [7, 11) is 0. The summed E-state index contributed by atoms with van der Waals surface area (Å²) in [5.41, 5.74) is 5.55. The SMILES string of the molecule is CCCCCCN(NCCOc1ccc(O)cc1)C1CCc2c(ccc(O)c2O)C1.Cl.Cl. The first-order valence-electron chi connectivity index (χ1n) is 11.0. The van der Waals surface area contributed by atoms with Crippen LogP contribution in [0.2, 0.25) is 0 Å². The minimum atomic E-state index is -0.0341. The third kappa shape index (κ3) is 7.93. The van der Waals surface area contributed by atoms with Crippen LogP contribution in [0.25, 0.3) is 0 Å². The van der Waals surface area contributed by atoms with Crippen LogP contribution in [-0.2, 0) is 12.8 Å². The molecule has 2 aromatic rings. The molecule has 180 valence electrons. The molecule has 0 bridgehead atoms. The zero-order valence-corrected chi connectivity index (χ0v) is 20.3. The van der Waals surface area contributed by atoms with E-state index in [1.54, 1.807) is 30.3 Å². The molecule has 2 aromatic carbocycles. The highest BCUT2D eigenvalue weighted by atomic mass is 35.5. The highest BCUT2D eigenvalue weighted by Crippen LogP contribution is 2.36. The van der Waals surface area contributed by atoms with E-state index in [9.17, 15) is 15.3 Å². The number of halogens is 2. The zero-order chi connectivity index (χ0) is 21.3. The van der Waals surface area contributed by atoms with Gasteiger partial charge in [-0.05, 0) is 61.6 Å². The highest BCUT2D eigenvalue weighted by molar-refractivity contribution is 5.85. The Labute approximate surface area is 203 Å². The van der Waals surface area contributed by atoms with E-state index in [0.29, 0.717) is 19.2 Å². The summed E-state index contributed by atoms with van der Waals surface area (Å²) < 4.78 is 5.77. The fraction of sp³-hybridized carbons (Fsp3) is 0.500. The minimum Gasteiger partial charge on any atom is -0.508 e. The lowest BCUT2D eigenvalue weighted by Gasteiger charge is -2.36. The van der Waals surface area contributed by atoms with Crippen LogP contribution in [0, 0.1) is 0 Å². The second-order valence-electron chi connectivity index (χ2n) is 7.97. The van der Waals surface area contributed by atoms with E-state index >= 15 is 0 Å². The lowest BCUT2D eigenvalue weighted by Crippen LogP contribution is -2.49. The predicted molar refractivity (Wildman–Crippen MR) is 133 cm³/mol. The Morgan fingerprint density at radius 1 is 1.00 bits per heavy atom. The van der Waals surface area contributed by atoms with Gasteiger partial charge >= 0.3 is 0 Å². The third-order valence-electron chi connectivity index (χ3n) is 5.76. The van der Waals surface area contributed by atoms with E-state index in [4.69, 9.17) is 4.74 Å². The van der Waals surface area contributed by atoms with Crippen molar-refractivity contribution in [3.63, 3.8) is 0 Å². The number of unbranched alkanes of at least 4 members (excludes halogenated alkanes) is 3. The van der Waals surface area contributed by atoms with Gasteiger partial charge in [-0.15, -0.1) is 24.8 Å². The van der Waals surface area contributed by atoms with Crippen molar-refractivity contribution in [3.05, 3.63) is 47.5 Å². The molecule has 1 unspecified atom stereocenters. The second kappa shape index (κ2) is 14.3. The van der Waals surface area contributed by atoms with E-state index in [-0.39, 0.29) is 42.1 Å². The lowest BCUT2D eigenvalue weighted by molar-refractivity contribution is 0.0999. The van der Waals surface area contributed by atoms with Gasteiger partial charge in [0, 0.05) is 24.7 Å². The van der Waals surface area contributed by atoms with Crippen molar-refractivity contribution in [2.24, 2.45) is 0 Å². The molecule has 3 rings (SSSR count). The van der Waals surface area contributed by atoms with E-state index in [1.165, 1.54) is 19.3 Å². The molecule has 1 atom stereocenters. The number of phenols is 3. The Kier molecular flexibility index (Phi) is 12.6. The fourth-order valence-corrected chi connectivity index (χ4v) is 4.07. The molecule has 0 aromatic heterocycles. The number of phenolic OH excluding ortho intramolecular Hbond substituents is 3. The molecule has 0 fully saturated rings. The van der Waals surface area contributed by atoms with Crippen molar-refractivity contribution in [1.82, 2.24) is 10.4 Å². The number of nitrogens with zero attached hydrogens (tertiary/aromatic N) is 1. The maximum absolute atomic E-state index is 10.2. The Balaban J connectivity index is 0.00000256. The normalized spacial score (nSPS) is 14.9. The number of hydrogen-bond donors (Lipinski definition) is 4. The summed E-state index contributed by atoms with van der Waals surface area (Å²) in [5, 5.41) is 31.6. The molecule has 0 amide bonds. The van der Waals surface area contributed by atoms with Gasteiger partial charge in [0.2, 0.25) is 0 Å². The van der Waals surface area contributed by atoms with E-state index in [0.717, 1.165) is 49.1 Å². The van der Waals surface area contributed by atoms with Gasteiger partial charge in [-0.25, -0.2) is 5.01 Å². The van der Waals surface area contributed by atoms with Crippen LogP contribution >= 0.6 is 24.8 Å². The van der Waals surface area contributed by atoms with Gasteiger partial charge in [-0.2, -0.15) is 0 Å². The zero-order valence-electron chi connectivity index (χ0n) is 18.6. The molecular weight excluding hydrogens is 451 g/mol. The van der Waals surface area contributed by atoms with Crippen molar-refractivity contribution < 1.29 is 20.1 Å². The Hall–Kier alpha value is -1.86. The average Bonchev–Trinajstić information content (AvgIpc) is 2.76. The van der Waals surface area contributed by atoms with Crippen molar-refractivity contribution in [2.75, 3.05) is 19.7 Å². The lowest BCUT2D eigenvalue weighted by atomic mass is 9.87. The molecule has 0 radical (unpaired) electrons. The number of hydrazine groups is 1. The van der Waals surface area contributed by atoms with Gasteiger partial charge in [-0.1, -0.05) is 32.3 Å². The molecule has 1 aliphatic rings. The van der Waals surface area contributed by atoms with Gasteiger partial charge in [0.25, 0.3) is 0 Å². The van der Waals surface area contributed by atoms with Gasteiger partial charge in [0.15, 0.2) is 11.5 Å². The van der Waals surface area contributed by atoms with Crippen molar-refractivity contribution >= 4 is 24.8 Å². The average molecular weight is 487 g/mol. The molecule has 0 heterocycles. The van der Waals surface area contributed by atoms with E-state index in [1.807, 2.05) is 6.07 Å². The number of hydrogen-bond acceptors (Lipinski definition) is 6. The summed E-state index contributed by atoms with van der Waals surface area (Å²) in [5.74, 6) is 0.977. The third-order valence-corrected chi connectivity index (χ3v) is 5.76. The number of ether oxygens (including phenoxy) is 1. The van der Waals surface area contributed by atoms with Gasteiger partial charge in [0.05, 0.1) is 0 Å². The molecule has 0 saturated heterocycles. The summed E-state index contributed by atoms with van der Waals surface area (Å²) in [6.07, 6.45) is 7.37. The first-order valence-corrected chi connectivity index (χ1v) is 11.0. The van der Waals surface area contributed by atoms with Crippen LogP contribution in [0.4, 0.5) is 0 Å². The molecule has 0 spiro atoms. The molecule has 6 nitrogen and oxygen atoms in total. The van der Waals surface area contributed by atoms with E-state index in [2.05, 4.69) is 17.4 Å². The topological polar surface area (TPSA) is 85.2 Å². The fourth-order valence-electron chi connectivity index (χ4n) is 4.07. The smallest absolute Gasteiger partial charge is 0.160 e. The Morgan fingerprint density at radius 3 is 2.47 bits per heavy atom. The van der Waals surface area contributed by atoms with Crippen LogP contribution < -0.4 is 10.2 Å². The number of fused-ring (bicyclic) bond motifs is 1. The monoisotopic (exact) mass is 486 g/mol. The maximum atomic E-state index is 10.2. The number of rotatable bonds is 11. The largest absolute Gasteiger partial charge is 0.508 e. The predicted octanol–water partition coefficient (Wildman–Crippen LogP) is 4.97. The highest BCUT2D eigenvalue weighted by Gasteiger charge is 2.26. The molecular formula is C24H36Cl2N2O4. The maximum Gasteiger partial charge on any atom is 0.160 e. The number of nitrogens with one attached hydrogen (secondary N) is 1. The quantitative estimate of drug-likeness (QED) is 0.204. The first kappa shape index (κ1) is 28.2. The standard InChI is InChI=1S/C24H34N2O4.2ClH/c1-2-3-4-5-15-26(25-14-16-30-21-10-8-20(27)9-11-21)19-7-12-22-18(17-19)6-13-23(28)24(22)29;;/h6,8-11,13,19,25,27-29H,2-5,7,12,14-17H2,1H3;2*1H. The second-order valence-corrected chi connectivity index (χ2v) is 7.97. The molecule has 0 aliphatic heterocycles. The molecule has 1 aliphatic carbocycles. The van der Waals surface area contributed by atoms with Crippen LogP contribution in [0.3, 0.4) is 0 Å². The first-order chi connectivity index (χ1) is 14.6. The number of aromatic hydroxyl groups is 3. The van der Waals surface area contributed by atoms with Crippen LogP contribution in [0.5, 0.6) is 23.0 Å². The van der Waals surface area contributed by atoms with Crippen LogP contribution in [0.15, 0.2) is 36.4 Å². The summed E-state index contributed by atoms with van der Waals surface area (Å²) in [6, 6.07) is 10.6. The van der Waals surface area contributed by atoms with E-state index < -0.39 is 0 Å². The minimum absolute atomic E-state index is 0. The Morgan fingerprint density at radius 2 is 1.75 bits per heavy atom. The van der Waals surface area contributed by atoms with Crippen molar-refractivity contribution in [2.45, 2.75) is 57.9 Å². The summed E-state index contributed by atoms with van der Waals surface area (Å²) in [4.78, 5) is 0. The summed E-state index contributed by atoms with van der Waals surface area (Å²) in [6.45, 7) is 4.42. The van der Waals surface area contributed by atoms with Crippen molar-refractivity contribution in [3.8, 4) is 23.0 Å². The Bertz CT molecular complexity index is 805. The van der Waals surface area contributed by atoms with Gasteiger partial charge in [-0.3, -0.25) is 5.43 Å². The molecule has 0 saturated carbocycles. The van der Waals surface area contributed by atoms with Crippen LogP contribution in [-0.4, -0.2) is 46.1 Å². The summed E-state index contributed by atoms with van der Waals surface area (Å²) >= 11 is 0. The van der Waals surface area contributed by atoms with Gasteiger partial charge < -0.3 is 20.1 Å².